The molecule has 0 saturated carbocycles. The van der Waals surface area contributed by atoms with Crippen molar-refractivity contribution in [3.63, 3.8) is 0 Å². The van der Waals surface area contributed by atoms with E-state index < -0.39 is 35.5 Å². The molecule has 2 unspecified atom stereocenters. The van der Waals surface area contributed by atoms with E-state index in [4.69, 9.17) is 4.74 Å². The molecule has 142 valence electrons. The number of amides is 2. The van der Waals surface area contributed by atoms with Crippen LogP contribution in [0.15, 0.2) is 41.2 Å². The van der Waals surface area contributed by atoms with Gasteiger partial charge in [0.15, 0.2) is 6.10 Å². The molecule has 9 heteroatoms. The molecule has 0 bridgehead atoms. The fourth-order valence-electron chi connectivity index (χ4n) is 2.78. The number of hydrogen-bond donors (Lipinski definition) is 3. The van der Waals surface area contributed by atoms with Gasteiger partial charge in [0.05, 0.1) is 11.2 Å². The maximum atomic E-state index is 12.7. The summed E-state index contributed by atoms with van der Waals surface area (Å²) in [7, 11) is 0. The summed E-state index contributed by atoms with van der Waals surface area (Å²) in [6.07, 6.45) is -0.761. The van der Waals surface area contributed by atoms with Gasteiger partial charge in [0.25, 0.3) is 5.91 Å². The summed E-state index contributed by atoms with van der Waals surface area (Å²) in [5, 5.41) is 16.4. The number of aliphatic carboxylic acids is 1. The number of carboxylic acid groups (broad SMARTS) is 1. The van der Waals surface area contributed by atoms with Crippen LogP contribution in [0.5, 0.6) is 0 Å². The highest BCUT2D eigenvalue weighted by Crippen LogP contribution is 2.40. The molecule has 2 heterocycles. The lowest BCUT2D eigenvalue weighted by atomic mass is 10.0. The number of nitrogens with zero attached hydrogens (tertiary/aromatic N) is 1. The third-order valence-corrected chi connectivity index (χ3v) is 5.03. The number of epoxide rings is 1. The van der Waals surface area contributed by atoms with Gasteiger partial charge in [-0.15, -0.1) is 11.3 Å². The number of anilines is 1. The second kappa shape index (κ2) is 7.85. The van der Waals surface area contributed by atoms with Gasteiger partial charge in [-0.2, -0.15) is 0 Å². The predicted molar refractivity (Wildman–Crippen MR) is 98.4 cm³/mol. The van der Waals surface area contributed by atoms with Gasteiger partial charge < -0.3 is 20.5 Å². The molecule has 0 spiro atoms. The van der Waals surface area contributed by atoms with Gasteiger partial charge in [-0.3, -0.25) is 9.59 Å². The number of nitrogens with one attached hydrogen (secondary N) is 2. The topological polar surface area (TPSA) is 121 Å². The zero-order valence-electron chi connectivity index (χ0n) is 14.5. The van der Waals surface area contributed by atoms with E-state index in [9.17, 15) is 19.5 Å². The molecule has 27 heavy (non-hydrogen) atoms. The molecular weight excluding hydrogens is 370 g/mol. The molecule has 3 rings (SSSR count). The van der Waals surface area contributed by atoms with Gasteiger partial charge in [0, 0.05) is 17.5 Å². The first-order valence-corrected chi connectivity index (χ1v) is 9.35. The van der Waals surface area contributed by atoms with Gasteiger partial charge in [0.2, 0.25) is 11.5 Å². The quantitative estimate of drug-likeness (QED) is 0.588. The number of aromatic nitrogens is 1. The fourth-order valence-corrected chi connectivity index (χ4v) is 3.35. The van der Waals surface area contributed by atoms with Crippen molar-refractivity contribution < 1.29 is 24.2 Å². The number of thiazole rings is 1. The number of rotatable bonds is 8. The Bertz CT molecular complexity index is 827. The van der Waals surface area contributed by atoms with Gasteiger partial charge in [-0.25, -0.2) is 9.78 Å². The largest absolute Gasteiger partial charge is 0.479 e. The van der Waals surface area contributed by atoms with Crippen molar-refractivity contribution in [1.82, 2.24) is 10.3 Å². The highest BCUT2D eigenvalue weighted by atomic mass is 32.1. The van der Waals surface area contributed by atoms with E-state index in [0.717, 1.165) is 0 Å². The molecular formula is C18H19N3O5S. The minimum absolute atomic E-state index is 0.160. The lowest BCUT2D eigenvalue weighted by Gasteiger charge is -2.17. The SMILES string of the molecule is CCC1(C(=O)O)OC1C(=O)N[C@@H](Cc1cscn1)C(=O)Nc1ccccc1. The molecule has 2 aromatic rings. The molecule has 3 N–H and O–H groups in total. The van der Waals surface area contributed by atoms with Crippen molar-refractivity contribution in [2.24, 2.45) is 0 Å². The zero-order valence-corrected chi connectivity index (χ0v) is 15.4. The molecule has 0 aliphatic carbocycles. The minimum Gasteiger partial charge on any atom is -0.479 e. The van der Waals surface area contributed by atoms with E-state index in [2.05, 4.69) is 15.6 Å². The Morgan fingerprint density at radius 1 is 1.33 bits per heavy atom. The normalized spacial score (nSPS) is 21.9. The summed E-state index contributed by atoms with van der Waals surface area (Å²) >= 11 is 1.38. The van der Waals surface area contributed by atoms with Crippen LogP contribution in [0, 0.1) is 0 Å². The molecule has 8 nitrogen and oxygen atoms in total. The van der Waals surface area contributed by atoms with Crippen LogP contribution in [0.4, 0.5) is 5.69 Å². The van der Waals surface area contributed by atoms with Crippen molar-refractivity contribution in [3.8, 4) is 0 Å². The Morgan fingerprint density at radius 3 is 2.63 bits per heavy atom. The monoisotopic (exact) mass is 389 g/mol. The molecule has 1 aliphatic heterocycles. The van der Waals surface area contributed by atoms with Crippen LogP contribution in [-0.4, -0.2) is 45.6 Å². The molecule has 0 radical (unpaired) electrons. The van der Waals surface area contributed by atoms with E-state index >= 15 is 0 Å². The highest BCUT2D eigenvalue weighted by molar-refractivity contribution is 7.07. The molecule has 2 amide bonds. The van der Waals surface area contributed by atoms with Crippen molar-refractivity contribution in [3.05, 3.63) is 46.9 Å². The van der Waals surface area contributed by atoms with Gasteiger partial charge in [-0.1, -0.05) is 25.1 Å². The summed E-state index contributed by atoms with van der Waals surface area (Å²) in [6.45, 7) is 1.64. The molecule has 3 atom stereocenters. The van der Waals surface area contributed by atoms with E-state index in [0.29, 0.717) is 11.4 Å². The number of para-hydroxylation sites is 1. The van der Waals surface area contributed by atoms with Crippen molar-refractivity contribution in [1.29, 1.82) is 0 Å². The standard InChI is InChI=1S/C18H19N3O5S/c1-2-18(17(24)25)14(26-18)16(23)21-13(8-12-9-27-10-19-12)15(22)20-11-6-4-3-5-7-11/h3-7,9-10,13-14H,2,8H2,1H3,(H,20,22)(H,21,23)(H,24,25)/t13-,14?,18?/m0/s1. The predicted octanol–water partition coefficient (Wildman–Crippen LogP) is 1.44. The van der Waals surface area contributed by atoms with Crippen LogP contribution in [0.2, 0.25) is 0 Å². The maximum Gasteiger partial charge on any atom is 0.339 e. The smallest absolute Gasteiger partial charge is 0.339 e. The number of benzene rings is 1. The third kappa shape index (κ3) is 4.15. The van der Waals surface area contributed by atoms with Crippen molar-refractivity contribution >= 4 is 34.8 Å². The lowest BCUT2D eigenvalue weighted by Crippen LogP contribution is -2.48. The molecule has 1 saturated heterocycles. The Labute approximate surface area is 159 Å². The van der Waals surface area contributed by atoms with E-state index in [1.54, 1.807) is 42.1 Å². The second-order valence-electron chi connectivity index (χ2n) is 6.15. The highest BCUT2D eigenvalue weighted by Gasteiger charge is 2.65. The maximum absolute atomic E-state index is 12.7. The summed E-state index contributed by atoms with van der Waals surface area (Å²) in [5.74, 6) is -2.22. The van der Waals surface area contributed by atoms with Gasteiger partial charge in [0.1, 0.15) is 6.04 Å². The second-order valence-corrected chi connectivity index (χ2v) is 6.87. The van der Waals surface area contributed by atoms with E-state index in [1.807, 2.05) is 6.07 Å². The first-order valence-electron chi connectivity index (χ1n) is 8.41. The van der Waals surface area contributed by atoms with Crippen LogP contribution in [0.3, 0.4) is 0 Å². The summed E-state index contributed by atoms with van der Waals surface area (Å²) in [4.78, 5) is 40.7. The van der Waals surface area contributed by atoms with Crippen LogP contribution in [0.25, 0.3) is 0 Å². The third-order valence-electron chi connectivity index (χ3n) is 4.39. The first-order chi connectivity index (χ1) is 13.0. The average molecular weight is 389 g/mol. The van der Waals surface area contributed by atoms with Gasteiger partial charge >= 0.3 is 5.97 Å². The number of carbonyl (C=O) groups excluding carboxylic acids is 2. The van der Waals surface area contributed by atoms with Crippen molar-refractivity contribution in [2.75, 3.05) is 5.32 Å². The summed E-state index contributed by atoms with van der Waals surface area (Å²) in [5.41, 5.74) is 1.38. The molecule has 1 fully saturated rings. The van der Waals surface area contributed by atoms with Crippen LogP contribution in [-0.2, 0) is 25.5 Å². The average Bonchev–Trinajstić information content (AvgIpc) is 3.22. The van der Waals surface area contributed by atoms with Crippen LogP contribution < -0.4 is 10.6 Å². The van der Waals surface area contributed by atoms with Crippen LogP contribution >= 0.6 is 11.3 Å². The van der Waals surface area contributed by atoms with Gasteiger partial charge in [-0.05, 0) is 18.6 Å². The number of ether oxygens (including phenoxy) is 1. The summed E-state index contributed by atoms with van der Waals surface area (Å²) < 4.78 is 5.15. The minimum atomic E-state index is -1.51. The van der Waals surface area contributed by atoms with E-state index in [-0.39, 0.29) is 12.8 Å². The Morgan fingerprint density at radius 2 is 2.07 bits per heavy atom. The van der Waals surface area contributed by atoms with Crippen LogP contribution in [0.1, 0.15) is 19.0 Å². The fraction of sp³-hybridized carbons (Fsp3) is 0.333. The number of carbonyl (C=O) groups is 3. The molecule has 1 aromatic heterocycles. The molecule has 1 aliphatic rings. The zero-order chi connectivity index (χ0) is 19.4. The van der Waals surface area contributed by atoms with Crippen molar-refractivity contribution in [2.45, 2.75) is 37.5 Å². The first kappa shape index (κ1) is 19.0. The Hall–Kier alpha value is -2.78. The Kier molecular flexibility index (Phi) is 5.52. The summed E-state index contributed by atoms with van der Waals surface area (Å²) in [6, 6.07) is 7.94. The van der Waals surface area contributed by atoms with E-state index in [1.165, 1.54) is 11.3 Å². The Balaban J connectivity index is 1.71. The lowest BCUT2D eigenvalue weighted by molar-refractivity contribution is -0.143. The number of carboxylic acids is 1. The number of hydrogen-bond acceptors (Lipinski definition) is 6. The molecule has 1 aromatic carbocycles.